The third-order valence-electron chi connectivity index (χ3n) is 4.71. The molecule has 10 nitrogen and oxygen atoms in total. The zero-order chi connectivity index (χ0) is 19.4. The van der Waals surface area contributed by atoms with E-state index in [0.717, 1.165) is 34.7 Å². The Labute approximate surface area is 165 Å². The highest BCUT2D eigenvalue weighted by atomic mass is 35.5. The number of aryl methyl sites for hydroxylation is 3. The molecule has 0 unspecified atom stereocenters. The predicted molar refractivity (Wildman–Crippen MR) is 104 cm³/mol. The summed E-state index contributed by atoms with van der Waals surface area (Å²) in [6, 6.07) is 1.97. The number of fused-ring (bicyclic) bond motifs is 2. The van der Waals surface area contributed by atoms with Gasteiger partial charge in [-0.25, -0.2) is 14.3 Å². The van der Waals surface area contributed by atoms with Gasteiger partial charge in [0.05, 0.1) is 23.4 Å². The first-order chi connectivity index (χ1) is 13.5. The molecule has 11 heteroatoms. The fourth-order valence-electron chi connectivity index (χ4n) is 3.37. The first-order valence-electron chi connectivity index (χ1n) is 8.91. The van der Waals surface area contributed by atoms with Crippen LogP contribution in [0.4, 0.5) is 11.6 Å². The van der Waals surface area contributed by atoms with Crippen LogP contribution < -0.4 is 10.1 Å². The minimum Gasteiger partial charge on any atom is -0.475 e. The molecule has 0 saturated carbocycles. The summed E-state index contributed by atoms with van der Waals surface area (Å²) >= 11 is 6.21. The number of hydrogen-bond acceptors (Lipinski definition) is 7. The Morgan fingerprint density at radius 3 is 2.86 bits per heavy atom. The van der Waals surface area contributed by atoms with Crippen LogP contribution >= 0.6 is 11.6 Å². The van der Waals surface area contributed by atoms with Crippen molar-refractivity contribution in [1.82, 2.24) is 39.3 Å². The van der Waals surface area contributed by atoms with Crippen LogP contribution in [0.25, 0.3) is 16.9 Å². The molecule has 0 fully saturated rings. The molecule has 0 saturated heterocycles. The molecular weight excluding hydrogens is 382 g/mol. The third-order valence-corrected chi connectivity index (χ3v) is 4.99. The maximum absolute atomic E-state index is 6.21. The van der Waals surface area contributed by atoms with Gasteiger partial charge in [0, 0.05) is 32.3 Å². The van der Waals surface area contributed by atoms with E-state index in [9.17, 15) is 0 Å². The highest BCUT2D eigenvalue weighted by Gasteiger charge is 2.22. The Hall–Kier alpha value is -3.14. The largest absolute Gasteiger partial charge is 0.475 e. The lowest BCUT2D eigenvalue weighted by atomic mass is 10.3. The number of nitrogens with zero attached hydrogens (tertiary/aromatic N) is 8. The van der Waals surface area contributed by atoms with Crippen LogP contribution in [0.2, 0.25) is 5.15 Å². The lowest BCUT2D eigenvalue weighted by molar-refractivity contribution is 0.288. The summed E-state index contributed by atoms with van der Waals surface area (Å²) in [7, 11) is 1.89. The van der Waals surface area contributed by atoms with Crippen molar-refractivity contribution >= 4 is 34.3 Å². The number of ether oxygens (including phenoxy) is 1. The molecule has 0 aromatic carbocycles. The second-order valence-corrected chi connectivity index (χ2v) is 7.07. The Kier molecular flexibility index (Phi) is 3.76. The second kappa shape index (κ2) is 6.20. The molecule has 1 aliphatic rings. The van der Waals surface area contributed by atoms with Gasteiger partial charge in [-0.15, -0.1) is 5.10 Å². The molecule has 0 radical (unpaired) electrons. The fraction of sp³-hybridized carbons (Fsp3) is 0.353. The molecule has 1 aliphatic heterocycles. The van der Waals surface area contributed by atoms with E-state index < -0.39 is 0 Å². The van der Waals surface area contributed by atoms with Crippen molar-refractivity contribution in [1.29, 1.82) is 0 Å². The lowest BCUT2D eigenvalue weighted by Gasteiger charge is -2.07. The summed E-state index contributed by atoms with van der Waals surface area (Å²) in [4.78, 5) is 8.99. The maximum atomic E-state index is 6.21. The van der Waals surface area contributed by atoms with E-state index in [1.54, 1.807) is 15.6 Å². The molecule has 28 heavy (non-hydrogen) atoms. The van der Waals surface area contributed by atoms with Crippen LogP contribution in [-0.4, -0.2) is 45.9 Å². The van der Waals surface area contributed by atoms with Gasteiger partial charge >= 0.3 is 0 Å². The molecule has 5 heterocycles. The topological polar surface area (TPSA) is 101 Å². The summed E-state index contributed by atoms with van der Waals surface area (Å²) in [5.41, 5.74) is 3.20. The molecule has 4 aromatic heterocycles. The van der Waals surface area contributed by atoms with Crippen molar-refractivity contribution in [3.8, 4) is 11.7 Å². The number of aromatic nitrogens is 8. The van der Waals surface area contributed by atoms with Crippen molar-refractivity contribution in [2.45, 2.75) is 26.8 Å². The first-order valence-corrected chi connectivity index (χ1v) is 9.28. The number of hydrogen-bond donors (Lipinski definition) is 1. The zero-order valence-electron chi connectivity index (χ0n) is 15.6. The quantitative estimate of drug-likeness (QED) is 0.524. The van der Waals surface area contributed by atoms with E-state index in [1.165, 1.54) is 0 Å². The molecule has 5 rings (SSSR count). The van der Waals surface area contributed by atoms with Gasteiger partial charge in [-0.3, -0.25) is 4.68 Å². The van der Waals surface area contributed by atoms with Crippen LogP contribution in [0.3, 0.4) is 0 Å². The van der Waals surface area contributed by atoms with E-state index >= 15 is 0 Å². The second-order valence-electron chi connectivity index (χ2n) is 6.72. The fourth-order valence-corrected chi connectivity index (χ4v) is 3.60. The third kappa shape index (κ3) is 2.60. The normalized spacial score (nSPS) is 13.9. The molecule has 144 valence electrons. The van der Waals surface area contributed by atoms with Crippen molar-refractivity contribution in [3.05, 3.63) is 28.8 Å². The number of nitrogens with one attached hydrogen (secondary N) is 1. The molecule has 0 amide bonds. The van der Waals surface area contributed by atoms with E-state index in [0.29, 0.717) is 35.8 Å². The Bertz CT molecular complexity index is 1210. The molecule has 2 bridgehead atoms. The molecular formula is C17H18ClN9O. The standard InChI is InChI=1S/C17H18ClN9O/c1-9-7-12(25(3)22-9)27-10(2)13-16(24-27)28-6-4-5-26-15-11(14(18)23-26)8-19-17(20-13)21-15/h7-8H,4-6H2,1-3H3,(H,19,20,21). The van der Waals surface area contributed by atoms with Gasteiger partial charge < -0.3 is 10.1 Å². The van der Waals surface area contributed by atoms with Crippen LogP contribution in [0.15, 0.2) is 12.3 Å². The number of rotatable bonds is 1. The average molecular weight is 400 g/mol. The summed E-state index contributed by atoms with van der Waals surface area (Å²) in [5, 5.41) is 17.8. The molecule has 4 aromatic rings. The van der Waals surface area contributed by atoms with E-state index in [1.807, 2.05) is 31.6 Å². The number of halogens is 1. The molecule has 1 N–H and O–H groups in total. The monoisotopic (exact) mass is 399 g/mol. The Morgan fingerprint density at radius 2 is 2.07 bits per heavy atom. The maximum Gasteiger partial charge on any atom is 0.257 e. The van der Waals surface area contributed by atoms with Crippen molar-refractivity contribution in [2.75, 3.05) is 11.9 Å². The van der Waals surface area contributed by atoms with Gasteiger partial charge in [-0.1, -0.05) is 11.6 Å². The minimum absolute atomic E-state index is 0.399. The molecule has 0 spiro atoms. The van der Waals surface area contributed by atoms with Gasteiger partial charge in [0.1, 0.15) is 5.69 Å². The Morgan fingerprint density at radius 1 is 1.21 bits per heavy atom. The van der Waals surface area contributed by atoms with Crippen LogP contribution in [0, 0.1) is 13.8 Å². The molecule has 0 atom stereocenters. The summed E-state index contributed by atoms with van der Waals surface area (Å²) in [6.07, 6.45) is 2.42. The Balaban J connectivity index is 1.65. The molecule has 0 aliphatic carbocycles. The average Bonchev–Trinajstić information content (AvgIpc) is 3.26. The van der Waals surface area contributed by atoms with Crippen molar-refractivity contribution in [3.63, 3.8) is 0 Å². The zero-order valence-corrected chi connectivity index (χ0v) is 16.4. The summed E-state index contributed by atoms with van der Waals surface area (Å²) in [6.45, 7) is 5.03. The SMILES string of the molecule is Cc1cc(-n2nc3c(c2C)Nc2ncc4c(Cl)nn(c4n2)CCCO3)n(C)n1. The van der Waals surface area contributed by atoms with Gasteiger partial charge in [0.2, 0.25) is 5.95 Å². The van der Waals surface area contributed by atoms with Crippen molar-refractivity contribution < 1.29 is 4.74 Å². The minimum atomic E-state index is 0.399. The summed E-state index contributed by atoms with van der Waals surface area (Å²) < 4.78 is 11.4. The van der Waals surface area contributed by atoms with Gasteiger partial charge in [-0.2, -0.15) is 15.2 Å². The van der Waals surface area contributed by atoms with E-state index in [2.05, 4.69) is 30.6 Å². The smallest absolute Gasteiger partial charge is 0.257 e. The lowest BCUT2D eigenvalue weighted by Crippen LogP contribution is -2.08. The summed E-state index contributed by atoms with van der Waals surface area (Å²) in [5.74, 6) is 1.78. The van der Waals surface area contributed by atoms with Gasteiger partial charge in [-0.05, 0) is 13.8 Å². The highest BCUT2D eigenvalue weighted by Crippen LogP contribution is 2.33. The highest BCUT2D eigenvalue weighted by molar-refractivity contribution is 6.34. The van der Waals surface area contributed by atoms with Gasteiger partial charge in [0.15, 0.2) is 16.6 Å². The van der Waals surface area contributed by atoms with Crippen molar-refractivity contribution in [2.24, 2.45) is 7.05 Å². The van der Waals surface area contributed by atoms with Crippen LogP contribution in [-0.2, 0) is 13.6 Å². The van der Waals surface area contributed by atoms with Gasteiger partial charge in [0.25, 0.3) is 5.88 Å². The van der Waals surface area contributed by atoms with Crippen LogP contribution in [0.5, 0.6) is 5.88 Å². The van der Waals surface area contributed by atoms with E-state index in [4.69, 9.17) is 16.3 Å². The van der Waals surface area contributed by atoms with E-state index in [-0.39, 0.29) is 0 Å². The van der Waals surface area contributed by atoms with Crippen LogP contribution in [0.1, 0.15) is 17.8 Å². The number of anilines is 2. The first kappa shape index (κ1) is 17.0. The predicted octanol–water partition coefficient (Wildman–Crippen LogP) is 2.54.